The van der Waals surface area contributed by atoms with Crippen molar-refractivity contribution < 1.29 is 17.9 Å². The fourth-order valence-electron chi connectivity index (χ4n) is 4.38. The molecule has 3 aromatic heterocycles. The van der Waals surface area contributed by atoms with Crippen LogP contribution in [0, 0.1) is 6.92 Å². The maximum absolute atomic E-state index is 13.1. The van der Waals surface area contributed by atoms with Crippen molar-refractivity contribution in [1.82, 2.24) is 28.5 Å². The zero-order valence-electron chi connectivity index (χ0n) is 19.1. The molecule has 0 unspecified atom stereocenters. The van der Waals surface area contributed by atoms with Crippen molar-refractivity contribution in [2.24, 2.45) is 0 Å². The zero-order chi connectivity index (χ0) is 23.9. The quantitative estimate of drug-likeness (QED) is 0.388. The van der Waals surface area contributed by atoms with Gasteiger partial charge in [-0.3, -0.25) is 4.40 Å². The molecule has 0 radical (unpaired) electrons. The molecule has 1 aliphatic heterocycles. The highest BCUT2D eigenvalue weighted by Crippen LogP contribution is 2.25. The van der Waals surface area contributed by atoms with Crippen molar-refractivity contribution >= 4 is 32.7 Å². The van der Waals surface area contributed by atoms with Gasteiger partial charge in [0.05, 0.1) is 21.5 Å². The second-order valence-electron chi connectivity index (χ2n) is 8.36. The number of carbonyl (C=O) groups excluding carboxylic acids is 1. The highest BCUT2D eigenvalue weighted by Gasteiger charge is 2.26. The largest absolute Gasteiger partial charge is 0.454 e. The fourth-order valence-corrected chi connectivity index (χ4v) is 5.91. The highest BCUT2D eigenvalue weighted by atomic mass is 32.2. The molecule has 178 valence electrons. The first-order valence-corrected chi connectivity index (χ1v) is 12.8. The normalized spacial score (nSPS) is 15.2. The molecule has 0 atom stereocenters. The van der Waals surface area contributed by atoms with E-state index in [0.717, 1.165) is 24.8 Å². The van der Waals surface area contributed by atoms with E-state index >= 15 is 0 Å². The van der Waals surface area contributed by atoms with Crippen molar-refractivity contribution in [3.8, 4) is 0 Å². The number of hydrogen-bond acceptors (Lipinski definition) is 7. The van der Waals surface area contributed by atoms with Gasteiger partial charge in [-0.15, -0.1) is 10.2 Å². The number of fused-ring (bicyclic) bond motifs is 2. The van der Waals surface area contributed by atoms with Gasteiger partial charge in [-0.05, 0) is 57.0 Å². The number of piperidine rings is 1. The van der Waals surface area contributed by atoms with Crippen LogP contribution in [0.2, 0.25) is 0 Å². The molecule has 0 spiro atoms. The first-order chi connectivity index (χ1) is 16.4. The number of hydrogen-bond donors (Lipinski definition) is 0. The lowest BCUT2D eigenvalue weighted by molar-refractivity contribution is 0.0458. The molecule has 1 aliphatic rings. The minimum absolute atomic E-state index is 0.0330. The number of sulfonamides is 1. The molecule has 5 rings (SSSR count). The van der Waals surface area contributed by atoms with Gasteiger partial charge in [0, 0.05) is 25.8 Å². The van der Waals surface area contributed by atoms with Crippen LogP contribution in [0.3, 0.4) is 0 Å². The zero-order valence-corrected chi connectivity index (χ0v) is 20.0. The monoisotopic (exact) mass is 482 g/mol. The Morgan fingerprint density at radius 2 is 1.88 bits per heavy atom. The van der Waals surface area contributed by atoms with Crippen molar-refractivity contribution in [1.29, 1.82) is 0 Å². The molecule has 11 heteroatoms. The molecule has 0 N–H and O–H groups in total. The van der Waals surface area contributed by atoms with Crippen LogP contribution >= 0.6 is 0 Å². The Labute approximate surface area is 197 Å². The lowest BCUT2D eigenvalue weighted by atomic mass is 10.2. The van der Waals surface area contributed by atoms with Gasteiger partial charge < -0.3 is 9.30 Å². The summed E-state index contributed by atoms with van der Waals surface area (Å²) >= 11 is 0. The second-order valence-corrected chi connectivity index (χ2v) is 10.3. The number of ether oxygens (including phenoxy) is 1. The van der Waals surface area contributed by atoms with Crippen LogP contribution in [-0.2, 0) is 27.9 Å². The van der Waals surface area contributed by atoms with E-state index in [9.17, 15) is 13.2 Å². The number of esters is 1. The molecule has 0 amide bonds. The Balaban J connectivity index is 1.39. The minimum atomic E-state index is -3.56. The van der Waals surface area contributed by atoms with Crippen molar-refractivity contribution in [2.75, 3.05) is 13.1 Å². The van der Waals surface area contributed by atoms with Crippen LogP contribution in [0.15, 0.2) is 41.4 Å². The summed E-state index contributed by atoms with van der Waals surface area (Å²) in [4.78, 5) is 17.5. The molecule has 0 aliphatic carbocycles. The van der Waals surface area contributed by atoms with E-state index < -0.39 is 16.0 Å². The third-order valence-electron chi connectivity index (χ3n) is 6.21. The highest BCUT2D eigenvalue weighted by molar-refractivity contribution is 7.89. The second kappa shape index (κ2) is 8.80. The van der Waals surface area contributed by atoms with E-state index in [0.29, 0.717) is 48.0 Å². The molecule has 1 aromatic carbocycles. The summed E-state index contributed by atoms with van der Waals surface area (Å²) in [6.07, 6.45) is 4.46. The number of rotatable bonds is 6. The van der Waals surface area contributed by atoms with Crippen molar-refractivity contribution in [2.45, 2.75) is 51.2 Å². The van der Waals surface area contributed by atoms with Gasteiger partial charge in [0.25, 0.3) is 0 Å². The average Bonchev–Trinajstić information content (AvgIpc) is 3.41. The van der Waals surface area contributed by atoms with Gasteiger partial charge in [0.1, 0.15) is 18.3 Å². The summed E-state index contributed by atoms with van der Waals surface area (Å²) in [6.45, 7) is 5.44. The molecule has 1 fully saturated rings. The van der Waals surface area contributed by atoms with E-state index in [1.807, 2.05) is 11.5 Å². The number of pyridine rings is 1. The molecule has 4 heterocycles. The van der Waals surface area contributed by atoms with Crippen molar-refractivity contribution in [3.63, 3.8) is 0 Å². The fraction of sp³-hybridized carbons (Fsp3) is 0.391. The molecule has 10 nitrogen and oxygen atoms in total. The third-order valence-corrected chi connectivity index (χ3v) is 8.10. The van der Waals surface area contributed by atoms with Gasteiger partial charge in [-0.2, -0.15) is 4.31 Å². The predicted octanol–water partition coefficient (Wildman–Crippen LogP) is 2.94. The standard InChI is InChI=1S/C23H26N6O4S/c1-3-28-20-9-8-18(34(31,32)27-11-5-4-6-12-27)13-19(20)24-22(28)15-33-23(30)17-7-10-21-26-25-16(2)29(21)14-17/h7-10,13-14H,3-6,11-12,15H2,1-2H3. The number of aryl methyl sites for hydroxylation is 2. The Kier molecular flexibility index (Phi) is 5.82. The van der Waals surface area contributed by atoms with E-state index in [1.165, 1.54) is 0 Å². The molecule has 0 saturated carbocycles. The molecule has 34 heavy (non-hydrogen) atoms. The van der Waals surface area contributed by atoms with Crippen LogP contribution in [-0.4, -0.2) is 55.9 Å². The topological polar surface area (TPSA) is 112 Å². The average molecular weight is 483 g/mol. The smallest absolute Gasteiger partial charge is 0.340 e. The van der Waals surface area contributed by atoms with Crippen LogP contribution < -0.4 is 0 Å². The number of imidazole rings is 1. The Hall–Kier alpha value is -3.31. The first kappa shape index (κ1) is 22.5. The maximum Gasteiger partial charge on any atom is 0.340 e. The van der Waals surface area contributed by atoms with Crippen LogP contribution in [0.1, 0.15) is 48.2 Å². The minimum Gasteiger partial charge on any atom is -0.454 e. The number of aromatic nitrogens is 5. The van der Waals surface area contributed by atoms with Crippen LogP contribution in [0.5, 0.6) is 0 Å². The first-order valence-electron chi connectivity index (χ1n) is 11.4. The van der Waals surface area contributed by atoms with E-state index in [2.05, 4.69) is 15.2 Å². The summed E-state index contributed by atoms with van der Waals surface area (Å²) in [5, 5.41) is 8.01. The molecule has 4 aromatic rings. The maximum atomic E-state index is 13.1. The lowest BCUT2D eigenvalue weighted by Crippen LogP contribution is -2.35. The summed E-state index contributed by atoms with van der Waals surface area (Å²) in [6, 6.07) is 8.37. The van der Waals surface area contributed by atoms with Gasteiger partial charge in [-0.1, -0.05) is 6.42 Å². The van der Waals surface area contributed by atoms with Gasteiger partial charge in [-0.25, -0.2) is 18.2 Å². The summed E-state index contributed by atoms with van der Waals surface area (Å²) in [5.41, 5.74) is 2.39. The Morgan fingerprint density at radius 1 is 1.09 bits per heavy atom. The van der Waals surface area contributed by atoms with Gasteiger partial charge in [0.15, 0.2) is 5.65 Å². The van der Waals surface area contributed by atoms with Gasteiger partial charge >= 0.3 is 5.97 Å². The third kappa shape index (κ3) is 3.94. The van der Waals surface area contributed by atoms with E-state index in [1.54, 1.807) is 52.2 Å². The molecule has 0 bridgehead atoms. The van der Waals surface area contributed by atoms with E-state index in [4.69, 9.17) is 4.74 Å². The molecular formula is C23H26N6O4S. The number of carbonyl (C=O) groups is 1. The summed E-state index contributed by atoms with van der Waals surface area (Å²) < 4.78 is 36.9. The Bertz CT molecular complexity index is 1480. The summed E-state index contributed by atoms with van der Waals surface area (Å²) in [7, 11) is -3.56. The van der Waals surface area contributed by atoms with Crippen molar-refractivity contribution in [3.05, 3.63) is 53.7 Å². The number of nitrogens with zero attached hydrogens (tertiary/aromatic N) is 6. The SMILES string of the molecule is CCn1c(COC(=O)c2ccc3nnc(C)n3c2)nc2cc(S(=O)(=O)N3CCCCC3)ccc21. The van der Waals surface area contributed by atoms with Crippen LogP contribution in [0.25, 0.3) is 16.7 Å². The summed E-state index contributed by atoms with van der Waals surface area (Å²) in [5.74, 6) is 0.741. The molecule has 1 saturated heterocycles. The van der Waals surface area contributed by atoms with Crippen LogP contribution in [0.4, 0.5) is 0 Å². The predicted molar refractivity (Wildman–Crippen MR) is 125 cm³/mol. The van der Waals surface area contributed by atoms with E-state index in [-0.39, 0.29) is 11.5 Å². The number of benzene rings is 1. The van der Waals surface area contributed by atoms with Gasteiger partial charge in [0.2, 0.25) is 10.0 Å². The Morgan fingerprint density at radius 3 is 2.65 bits per heavy atom. The lowest BCUT2D eigenvalue weighted by Gasteiger charge is -2.25. The molecular weight excluding hydrogens is 456 g/mol.